The van der Waals surface area contributed by atoms with E-state index in [4.69, 9.17) is 4.74 Å². The highest BCUT2D eigenvalue weighted by Gasteiger charge is 2.19. The van der Waals surface area contributed by atoms with Crippen LogP contribution in [0.5, 0.6) is 5.75 Å². The molecule has 0 saturated heterocycles. The summed E-state index contributed by atoms with van der Waals surface area (Å²) in [5, 5.41) is 11.6. The van der Waals surface area contributed by atoms with Crippen molar-refractivity contribution in [1.82, 2.24) is 25.0 Å². The van der Waals surface area contributed by atoms with Crippen LogP contribution in [-0.4, -0.2) is 52.3 Å². The van der Waals surface area contributed by atoms with Gasteiger partial charge in [-0.25, -0.2) is 4.39 Å². The zero-order chi connectivity index (χ0) is 21.6. The zero-order valence-corrected chi connectivity index (χ0v) is 17.6. The van der Waals surface area contributed by atoms with Gasteiger partial charge in [-0.2, -0.15) is 0 Å². The lowest BCUT2D eigenvalue weighted by Gasteiger charge is -2.19. The molecule has 8 heteroatoms. The number of ether oxygens (including phenoxy) is 1. The number of methoxy groups -OCH3 is 1. The predicted molar refractivity (Wildman–Crippen MR) is 114 cm³/mol. The van der Waals surface area contributed by atoms with Crippen LogP contribution in [0, 0.1) is 5.82 Å². The Bertz CT molecular complexity index is 1030. The summed E-state index contributed by atoms with van der Waals surface area (Å²) in [6.45, 7) is 3.66. The number of fused-ring (bicyclic) bond motifs is 1. The molecule has 3 aromatic rings. The highest BCUT2D eigenvalue weighted by atomic mass is 19.1. The second kappa shape index (κ2) is 9.70. The van der Waals surface area contributed by atoms with Crippen LogP contribution in [-0.2, 0) is 25.9 Å². The smallest absolute Gasteiger partial charge is 0.251 e. The first-order valence-electron chi connectivity index (χ1n) is 10.4. The third kappa shape index (κ3) is 5.27. The van der Waals surface area contributed by atoms with E-state index in [0.29, 0.717) is 30.8 Å². The van der Waals surface area contributed by atoms with Gasteiger partial charge in [-0.15, -0.1) is 10.2 Å². The molecule has 1 aliphatic heterocycles. The molecular weight excluding hydrogens is 397 g/mol. The number of hydrogen-bond donors (Lipinski definition) is 1. The van der Waals surface area contributed by atoms with Crippen LogP contribution in [0.3, 0.4) is 0 Å². The maximum absolute atomic E-state index is 13.5. The van der Waals surface area contributed by atoms with Gasteiger partial charge in [0.05, 0.1) is 7.11 Å². The summed E-state index contributed by atoms with van der Waals surface area (Å²) in [4.78, 5) is 14.6. The average Bonchev–Trinajstić information content (AvgIpc) is 3.06. The molecule has 31 heavy (non-hydrogen) atoms. The van der Waals surface area contributed by atoms with Crippen molar-refractivity contribution < 1.29 is 13.9 Å². The number of amides is 1. The quantitative estimate of drug-likeness (QED) is 0.632. The molecule has 1 amide bonds. The molecule has 1 aliphatic rings. The highest BCUT2D eigenvalue weighted by Crippen LogP contribution is 2.14. The minimum absolute atomic E-state index is 0.125. The largest absolute Gasteiger partial charge is 0.497 e. The summed E-state index contributed by atoms with van der Waals surface area (Å²) < 4.78 is 20.7. The third-order valence-electron chi connectivity index (χ3n) is 5.48. The van der Waals surface area contributed by atoms with Crippen molar-refractivity contribution in [2.24, 2.45) is 0 Å². The fourth-order valence-corrected chi connectivity index (χ4v) is 3.80. The Morgan fingerprint density at radius 3 is 2.74 bits per heavy atom. The van der Waals surface area contributed by atoms with Crippen LogP contribution in [0.2, 0.25) is 0 Å². The van der Waals surface area contributed by atoms with Gasteiger partial charge in [-0.05, 0) is 42.0 Å². The Hall–Kier alpha value is -3.26. The topological polar surface area (TPSA) is 72.3 Å². The number of nitrogens with one attached hydrogen (secondary N) is 1. The molecule has 2 aromatic carbocycles. The van der Waals surface area contributed by atoms with Gasteiger partial charge >= 0.3 is 0 Å². The fraction of sp³-hybridized carbons (Fsp3) is 0.348. The van der Waals surface area contributed by atoms with Gasteiger partial charge in [0, 0.05) is 51.1 Å². The molecular formula is C23H26FN5O2. The lowest BCUT2D eigenvalue weighted by Crippen LogP contribution is -2.28. The molecule has 0 aliphatic carbocycles. The van der Waals surface area contributed by atoms with Crippen molar-refractivity contribution in [3.05, 3.63) is 77.1 Å². The number of benzene rings is 2. The molecule has 1 N–H and O–H groups in total. The molecule has 0 atom stereocenters. The highest BCUT2D eigenvalue weighted by molar-refractivity contribution is 5.94. The molecule has 4 rings (SSSR count). The second-order valence-electron chi connectivity index (χ2n) is 7.57. The van der Waals surface area contributed by atoms with Crippen molar-refractivity contribution in [2.45, 2.75) is 25.9 Å². The van der Waals surface area contributed by atoms with Crippen molar-refractivity contribution >= 4 is 5.91 Å². The van der Waals surface area contributed by atoms with Gasteiger partial charge in [0.25, 0.3) is 5.91 Å². The standard InChI is InChI=1S/C23H26FN5O2/c1-31-20-7-5-18(6-8-20)23(30)25-11-9-21-26-27-22-10-12-28(13-14-29(21)22)16-17-3-2-4-19(24)15-17/h2-8,15H,9-14,16H2,1H3,(H,25,30). The molecule has 7 nitrogen and oxygen atoms in total. The number of carbonyl (C=O) groups is 1. The van der Waals surface area contributed by atoms with E-state index >= 15 is 0 Å². The summed E-state index contributed by atoms with van der Waals surface area (Å²) in [7, 11) is 1.59. The van der Waals surface area contributed by atoms with Crippen molar-refractivity contribution in [3.63, 3.8) is 0 Å². The SMILES string of the molecule is COc1ccc(C(=O)NCCc2nnc3n2CCN(Cc2cccc(F)c2)CC3)cc1. The van der Waals surface area contributed by atoms with Crippen LogP contribution in [0.4, 0.5) is 4.39 Å². The molecule has 162 valence electrons. The van der Waals surface area contributed by atoms with Crippen LogP contribution in [0.15, 0.2) is 48.5 Å². The Labute approximate surface area is 180 Å². The Kier molecular flexibility index (Phi) is 6.57. The monoisotopic (exact) mass is 423 g/mol. The van der Waals surface area contributed by atoms with E-state index in [9.17, 15) is 9.18 Å². The van der Waals surface area contributed by atoms with Crippen molar-refractivity contribution in [3.8, 4) is 5.75 Å². The van der Waals surface area contributed by atoms with E-state index in [-0.39, 0.29) is 11.7 Å². The Morgan fingerprint density at radius 2 is 1.97 bits per heavy atom. The lowest BCUT2D eigenvalue weighted by atomic mass is 10.2. The van der Waals surface area contributed by atoms with Crippen LogP contribution < -0.4 is 10.1 Å². The first kappa shape index (κ1) is 21.0. The van der Waals surface area contributed by atoms with E-state index < -0.39 is 0 Å². The molecule has 0 radical (unpaired) electrons. The van der Waals surface area contributed by atoms with Crippen LogP contribution in [0.1, 0.15) is 27.6 Å². The van der Waals surface area contributed by atoms with E-state index in [2.05, 4.69) is 25.0 Å². The van der Waals surface area contributed by atoms with Gasteiger partial charge in [0.1, 0.15) is 23.2 Å². The molecule has 0 saturated carbocycles. The summed E-state index contributed by atoms with van der Waals surface area (Å²) >= 11 is 0. The first-order valence-corrected chi connectivity index (χ1v) is 10.4. The van der Waals surface area contributed by atoms with E-state index in [1.54, 1.807) is 43.5 Å². The zero-order valence-electron chi connectivity index (χ0n) is 17.6. The molecule has 1 aromatic heterocycles. The Morgan fingerprint density at radius 1 is 1.13 bits per heavy atom. The van der Waals surface area contributed by atoms with Crippen molar-refractivity contribution in [1.29, 1.82) is 0 Å². The summed E-state index contributed by atoms with van der Waals surface area (Å²) in [6.07, 6.45) is 1.40. The van der Waals surface area contributed by atoms with Gasteiger partial charge < -0.3 is 14.6 Å². The number of halogens is 1. The first-order chi connectivity index (χ1) is 15.1. The number of rotatable bonds is 7. The van der Waals surface area contributed by atoms with Crippen LogP contribution >= 0.6 is 0 Å². The molecule has 0 unspecified atom stereocenters. The van der Waals surface area contributed by atoms with E-state index in [0.717, 1.165) is 43.3 Å². The van der Waals surface area contributed by atoms with Gasteiger partial charge in [0.2, 0.25) is 0 Å². The fourth-order valence-electron chi connectivity index (χ4n) is 3.80. The maximum Gasteiger partial charge on any atom is 0.251 e. The molecule has 2 heterocycles. The number of hydrogen-bond acceptors (Lipinski definition) is 5. The van der Waals surface area contributed by atoms with Gasteiger partial charge in [-0.3, -0.25) is 9.69 Å². The van der Waals surface area contributed by atoms with Crippen molar-refractivity contribution in [2.75, 3.05) is 26.7 Å². The number of carbonyl (C=O) groups excluding carboxylic acids is 1. The second-order valence-corrected chi connectivity index (χ2v) is 7.57. The third-order valence-corrected chi connectivity index (χ3v) is 5.48. The van der Waals surface area contributed by atoms with E-state index in [1.807, 2.05) is 6.07 Å². The minimum Gasteiger partial charge on any atom is -0.497 e. The molecule has 0 bridgehead atoms. The maximum atomic E-state index is 13.5. The number of aromatic nitrogens is 3. The predicted octanol–water partition coefficient (Wildman–Crippen LogP) is 2.46. The normalized spacial score (nSPS) is 14.0. The van der Waals surface area contributed by atoms with E-state index in [1.165, 1.54) is 6.07 Å². The minimum atomic E-state index is -0.205. The summed E-state index contributed by atoms with van der Waals surface area (Å²) in [5.74, 6) is 2.22. The van der Waals surface area contributed by atoms with Crippen LogP contribution in [0.25, 0.3) is 0 Å². The Balaban J connectivity index is 1.30. The average molecular weight is 423 g/mol. The molecule has 0 spiro atoms. The van der Waals surface area contributed by atoms with Gasteiger partial charge in [0.15, 0.2) is 0 Å². The lowest BCUT2D eigenvalue weighted by molar-refractivity contribution is 0.0954. The number of nitrogens with zero attached hydrogens (tertiary/aromatic N) is 4. The van der Waals surface area contributed by atoms with Gasteiger partial charge in [-0.1, -0.05) is 12.1 Å². The summed E-state index contributed by atoms with van der Waals surface area (Å²) in [6, 6.07) is 13.8. The summed E-state index contributed by atoms with van der Waals surface area (Å²) in [5.41, 5.74) is 1.56. The molecule has 0 fully saturated rings.